The molecule has 0 radical (unpaired) electrons. The van der Waals surface area contributed by atoms with E-state index in [1.165, 1.54) is 0 Å². The highest BCUT2D eigenvalue weighted by atomic mass is 79.9. The van der Waals surface area contributed by atoms with Crippen LogP contribution in [-0.4, -0.2) is 24.3 Å². The minimum absolute atomic E-state index is 0.112. The van der Waals surface area contributed by atoms with Crippen molar-refractivity contribution in [2.45, 2.75) is 26.7 Å². The quantitative estimate of drug-likeness (QED) is 0.307. The fourth-order valence-corrected chi connectivity index (χ4v) is 4.86. The third-order valence-corrected chi connectivity index (χ3v) is 6.43. The largest absolute Gasteiger partial charge is 0.465 e. The number of ether oxygens (including phenoxy) is 2. The lowest BCUT2D eigenvalue weighted by atomic mass is 9.86. The molecule has 6 heteroatoms. The van der Waals surface area contributed by atoms with Crippen LogP contribution < -0.4 is 4.74 Å². The molecular weight excluding hydrogens is 424 g/mol. The number of hydrogen-bond donors (Lipinski definition) is 0. The Morgan fingerprint density at radius 1 is 1.18 bits per heavy atom. The van der Waals surface area contributed by atoms with E-state index >= 15 is 0 Å². The number of benzene rings is 2. The highest BCUT2D eigenvalue weighted by Crippen LogP contribution is 2.78. The molecule has 3 unspecified atom stereocenters. The Labute approximate surface area is 171 Å². The van der Waals surface area contributed by atoms with Crippen molar-refractivity contribution in [2.75, 3.05) is 6.61 Å². The Morgan fingerprint density at radius 3 is 2.50 bits per heavy atom. The van der Waals surface area contributed by atoms with Gasteiger partial charge in [-0.05, 0) is 39.0 Å². The molecule has 1 saturated carbocycles. The Kier molecular flexibility index (Phi) is 4.23. The second-order valence-corrected chi connectivity index (χ2v) is 8.35. The molecule has 1 heterocycles. The van der Waals surface area contributed by atoms with Gasteiger partial charge in [-0.3, -0.25) is 14.4 Å². The van der Waals surface area contributed by atoms with E-state index in [0.29, 0.717) is 16.9 Å². The molecule has 1 aliphatic heterocycles. The first kappa shape index (κ1) is 18.9. The Bertz CT molecular complexity index is 1010. The fourth-order valence-electron chi connectivity index (χ4n) is 4.48. The summed E-state index contributed by atoms with van der Waals surface area (Å²) in [5.41, 5.74) is -0.819. The van der Waals surface area contributed by atoms with Crippen molar-refractivity contribution < 1.29 is 23.9 Å². The molecule has 144 valence electrons. The fraction of sp³-hybridized carbons (Fsp3) is 0.318. The van der Waals surface area contributed by atoms with Crippen LogP contribution in [0.3, 0.4) is 0 Å². The van der Waals surface area contributed by atoms with E-state index in [1.807, 2.05) is 19.1 Å². The van der Waals surface area contributed by atoms with Gasteiger partial charge in [0.25, 0.3) is 0 Å². The smallest absolute Gasteiger partial charge is 0.330 e. The van der Waals surface area contributed by atoms with E-state index in [2.05, 4.69) is 15.9 Å². The molecule has 2 aromatic rings. The van der Waals surface area contributed by atoms with E-state index in [0.717, 1.165) is 10.0 Å². The van der Waals surface area contributed by atoms with Crippen molar-refractivity contribution in [1.29, 1.82) is 0 Å². The SMILES string of the molecule is CCOC(=O)C12C(=O)Oc3ccc(Br)cc3C1C2(C)C(=O)c1ccc(C)cc1. The van der Waals surface area contributed by atoms with Crippen LogP contribution in [0.1, 0.15) is 41.3 Å². The summed E-state index contributed by atoms with van der Waals surface area (Å²) in [6.07, 6.45) is 0. The third-order valence-electron chi connectivity index (χ3n) is 5.94. The van der Waals surface area contributed by atoms with Crippen molar-refractivity contribution in [1.82, 2.24) is 0 Å². The lowest BCUT2D eigenvalue weighted by Gasteiger charge is -2.22. The summed E-state index contributed by atoms with van der Waals surface area (Å²) in [4.78, 5) is 39.6. The summed E-state index contributed by atoms with van der Waals surface area (Å²) >= 11 is 3.42. The van der Waals surface area contributed by atoms with Crippen LogP contribution in [0.2, 0.25) is 0 Å². The van der Waals surface area contributed by atoms with Crippen molar-refractivity contribution in [2.24, 2.45) is 10.8 Å². The van der Waals surface area contributed by atoms with E-state index in [-0.39, 0.29) is 12.4 Å². The second-order valence-electron chi connectivity index (χ2n) is 7.43. The molecule has 0 bridgehead atoms. The first-order valence-corrected chi connectivity index (χ1v) is 9.88. The Hall–Kier alpha value is -2.47. The van der Waals surface area contributed by atoms with Gasteiger partial charge in [-0.1, -0.05) is 45.8 Å². The molecule has 28 heavy (non-hydrogen) atoms. The van der Waals surface area contributed by atoms with E-state index in [9.17, 15) is 14.4 Å². The zero-order valence-corrected chi connectivity index (χ0v) is 17.3. The molecule has 0 aromatic heterocycles. The van der Waals surface area contributed by atoms with Crippen molar-refractivity contribution in [3.8, 4) is 5.75 Å². The molecule has 3 atom stereocenters. The summed E-state index contributed by atoms with van der Waals surface area (Å²) in [6, 6.07) is 12.3. The van der Waals surface area contributed by atoms with Crippen molar-refractivity contribution >= 4 is 33.7 Å². The predicted molar refractivity (Wildman–Crippen MR) is 105 cm³/mol. The van der Waals surface area contributed by atoms with Gasteiger partial charge < -0.3 is 9.47 Å². The minimum atomic E-state index is -1.67. The molecule has 0 N–H and O–H groups in total. The maximum atomic E-state index is 13.5. The molecule has 0 spiro atoms. The van der Waals surface area contributed by atoms with Gasteiger partial charge in [0.1, 0.15) is 5.75 Å². The molecule has 2 aliphatic rings. The maximum absolute atomic E-state index is 13.5. The second kappa shape index (κ2) is 6.27. The predicted octanol–water partition coefficient (Wildman–Crippen LogP) is 4.21. The number of carbonyl (C=O) groups is 3. The van der Waals surface area contributed by atoms with Crippen LogP contribution in [0.5, 0.6) is 5.75 Å². The maximum Gasteiger partial charge on any atom is 0.330 e. The first-order chi connectivity index (χ1) is 13.3. The van der Waals surface area contributed by atoms with Gasteiger partial charge in [-0.15, -0.1) is 0 Å². The van der Waals surface area contributed by atoms with Crippen molar-refractivity contribution in [3.05, 3.63) is 63.6 Å². The molecular formula is C22H19BrO5. The van der Waals surface area contributed by atoms with Crippen LogP contribution in [-0.2, 0) is 14.3 Å². The molecule has 1 fully saturated rings. The number of Topliss-reactive ketones (excluding diaryl/α,β-unsaturated/α-hetero) is 1. The molecule has 2 aromatic carbocycles. The van der Waals surface area contributed by atoms with Crippen LogP contribution in [0.25, 0.3) is 0 Å². The number of fused-ring (bicyclic) bond motifs is 3. The number of hydrogen-bond acceptors (Lipinski definition) is 5. The summed E-state index contributed by atoms with van der Waals surface area (Å²) in [5, 5.41) is 0. The Morgan fingerprint density at radius 2 is 1.86 bits per heavy atom. The van der Waals surface area contributed by atoms with E-state index in [4.69, 9.17) is 9.47 Å². The van der Waals surface area contributed by atoms with Gasteiger partial charge in [0, 0.05) is 21.5 Å². The van der Waals surface area contributed by atoms with Gasteiger partial charge in [-0.25, -0.2) is 0 Å². The monoisotopic (exact) mass is 442 g/mol. The topological polar surface area (TPSA) is 69.7 Å². The van der Waals surface area contributed by atoms with Crippen LogP contribution >= 0.6 is 15.9 Å². The zero-order chi connectivity index (χ0) is 20.3. The zero-order valence-electron chi connectivity index (χ0n) is 15.7. The number of ketones is 1. The summed E-state index contributed by atoms with van der Waals surface area (Å²) in [7, 11) is 0. The van der Waals surface area contributed by atoms with Crippen LogP contribution in [0.4, 0.5) is 0 Å². The first-order valence-electron chi connectivity index (χ1n) is 9.08. The Balaban J connectivity index is 1.90. The summed E-state index contributed by atoms with van der Waals surface area (Å²) in [6.45, 7) is 5.37. The molecule has 4 rings (SSSR count). The van der Waals surface area contributed by atoms with Gasteiger partial charge >= 0.3 is 11.9 Å². The van der Waals surface area contributed by atoms with E-state index < -0.39 is 28.7 Å². The van der Waals surface area contributed by atoms with Gasteiger partial charge in [0.05, 0.1) is 12.0 Å². The minimum Gasteiger partial charge on any atom is -0.465 e. The summed E-state index contributed by atoms with van der Waals surface area (Å²) in [5.74, 6) is -1.97. The number of esters is 2. The average Bonchev–Trinajstić information content (AvgIpc) is 3.26. The molecule has 0 saturated heterocycles. The number of carbonyl (C=O) groups excluding carboxylic acids is 3. The summed E-state index contributed by atoms with van der Waals surface area (Å²) < 4.78 is 11.5. The average molecular weight is 443 g/mol. The lowest BCUT2D eigenvalue weighted by molar-refractivity contribution is -0.162. The number of halogens is 1. The lowest BCUT2D eigenvalue weighted by Crippen LogP contribution is -2.40. The normalized spacial score (nSPS) is 27.3. The highest BCUT2D eigenvalue weighted by Gasteiger charge is 2.89. The van der Waals surface area contributed by atoms with Crippen molar-refractivity contribution in [3.63, 3.8) is 0 Å². The third kappa shape index (κ3) is 2.27. The highest BCUT2D eigenvalue weighted by molar-refractivity contribution is 9.10. The van der Waals surface area contributed by atoms with E-state index in [1.54, 1.807) is 44.2 Å². The van der Waals surface area contributed by atoms with Gasteiger partial charge in [0.2, 0.25) is 0 Å². The molecule has 5 nitrogen and oxygen atoms in total. The van der Waals surface area contributed by atoms with Crippen LogP contribution in [0.15, 0.2) is 46.9 Å². The number of aryl methyl sites for hydroxylation is 1. The molecule has 0 amide bonds. The van der Waals surface area contributed by atoms with Crippen LogP contribution in [0, 0.1) is 17.8 Å². The standard InChI is InChI=1S/C22H19BrO5/c1-4-27-19(25)22-17(15-11-14(23)9-10-16(15)28-20(22)26)21(22,3)18(24)13-7-5-12(2)6-8-13/h5-11,17H,4H2,1-3H3. The molecule has 1 aliphatic carbocycles. The van der Waals surface area contributed by atoms with Gasteiger partial charge in [0.15, 0.2) is 11.2 Å². The number of rotatable bonds is 4. The van der Waals surface area contributed by atoms with Gasteiger partial charge in [-0.2, -0.15) is 0 Å².